The summed E-state index contributed by atoms with van der Waals surface area (Å²) in [4.78, 5) is 0. The highest BCUT2D eigenvalue weighted by atomic mass is 35.5. The van der Waals surface area contributed by atoms with E-state index >= 15 is 0 Å². The normalized spacial score (nSPS) is 13.1. The van der Waals surface area contributed by atoms with Crippen LogP contribution in [0.1, 0.15) is 44.9 Å². The summed E-state index contributed by atoms with van der Waals surface area (Å²) in [5.41, 5.74) is 0.684. The van der Waals surface area contributed by atoms with Gasteiger partial charge in [0.1, 0.15) is 5.76 Å². The number of fused-ring (bicyclic) bond motifs is 1. The second-order valence-corrected chi connectivity index (χ2v) is 5.53. The molecule has 0 aliphatic heterocycles. The van der Waals surface area contributed by atoms with Gasteiger partial charge in [0.05, 0.1) is 16.1 Å². The van der Waals surface area contributed by atoms with Crippen LogP contribution in [0.15, 0.2) is 22.6 Å². The summed E-state index contributed by atoms with van der Waals surface area (Å²) in [6.45, 7) is 5.30. The third kappa shape index (κ3) is 3.25. The molecule has 0 aliphatic rings. The van der Waals surface area contributed by atoms with Gasteiger partial charge in [-0.25, -0.2) is 0 Å². The predicted octanol–water partition coefficient (Wildman–Crippen LogP) is 5.58. The molecule has 1 unspecified atom stereocenters. The van der Waals surface area contributed by atoms with Crippen molar-refractivity contribution in [2.24, 2.45) is 0 Å². The average Bonchev–Trinajstić information content (AvgIpc) is 2.85. The summed E-state index contributed by atoms with van der Waals surface area (Å²) in [7, 11) is 0. The fraction of sp³-hybridized carbons (Fsp3) is 0.467. The van der Waals surface area contributed by atoms with Gasteiger partial charge in [-0.2, -0.15) is 0 Å². The molecule has 0 fully saturated rings. The molecule has 104 valence electrons. The van der Waals surface area contributed by atoms with Crippen LogP contribution >= 0.6 is 23.2 Å². The summed E-state index contributed by atoms with van der Waals surface area (Å²) in [6.07, 6.45) is 3.23. The fourth-order valence-corrected chi connectivity index (χ4v) is 2.61. The van der Waals surface area contributed by atoms with Crippen LogP contribution in [0, 0.1) is 0 Å². The van der Waals surface area contributed by atoms with Crippen molar-refractivity contribution in [1.82, 2.24) is 5.32 Å². The molecule has 1 aromatic heterocycles. The van der Waals surface area contributed by atoms with Crippen molar-refractivity contribution < 1.29 is 4.42 Å². The quantitative estimate of drug-likeness (QED) is 0.753. The Labute approximate surface area is 124 Å². The summed E-state index contributed by atoms with van der Waals surface area (Å²) < 4.78 is 5.91. The Balaban J connectivity index is 2.37. The number of furan rings is 1. The molecule has 0 amide bonds. The Morgan fingerprint density at radius 1 is 1.16 bits per heavy atom. The lowest BCUT2D eigenvalue weighted by molar-refractivity contribution is 0.408. The van der Waals surface area contributed by atoms with Crippen LogP contribution in [-0.2, 0) is 0 Å². The topological polar surface area (TPSA) is 25.2 Å². The van der Waals surface area contributed by atoms with Crippen molar-refractivity contribution in [2.45, 2.75) is 39.2 Å². The predicted molar refractivity (Wildman–Crippen MR) is 82.2 cm³/mol. The Hall–Kier alpha value is -0.700. The third-order valence-corrected chi connectivity index (χ3v) is 3.79. The molecule has 1 N–H and O–H groups in total. The number of hydrogen-bond acceptors (Lipinski definition) is 2. The minimum Gasteiger partial charge on any atom is -0.458 e. The molecular weight excluding hydrogens is 281 g/mol. The molecule has 0 radical (unpaired) electrons. The van der Waals surface area contributed by atoms with E-state index in [1.807, 2.05) is 6.07 Å². The lowest BCUT2D eigenvalue weighted by Gasteiger charge is -2.14. The van der Waals surface area contributed by atoms with Crippen molar-refractivity contribution in [1.29, 1.82) is 0 Å². The number of nitrogens with one attached hydrogen (secondary N) is 1. The molecule has 19 heavy (non-hydrogen) atoms. The van der Waals surface area contributed by atoms with Gasteiger partial charge >= 0.3 is 0 Å². The Morgan fingerprint density at radius 2 is 1.89 bits per heavy atom. The van der Waals surface area contributed by atoms with Gasteiger partial charge in [-0.1, -0.05) is 43.5 Å². The van der Waals surface area contributed by atoms with Crippen molar-refractivity contribution in [3.8, 4) is 0 Å². The molecule has 1 atom stereocenters. The van der Waals surface area contributed by atoms with Crippen LogP contribution in [0.25, 0.3) is 11.0 Å². The molecule has 1 heterocycles. The molecule has 0 spiro atoms. The highest BCUT2D eigenvalue weighted by Gasteiger charge is 2.17. The van der Waals surface area contributed by atoms with E-state index in [4.69, 9.17) is 27.6 Å². The first-order valence-corrected chi connectivity index (χ1v) is 7.53. The zero-order valence-electron chi connectivity index (χ0n) is 11.3. The number of rotatable bonds is 6. The van der Waals surface area contributed by atoms with Crippen LogP contribution in [0.2, 0.25) is 10.0 Å². The summed E-state index contributed by atoms with van der Waals surface area (Å²) >= 11 is 12.3. The van der Waals surface area contributed by atoms with Gasteiger partial charge in [0.2, 0.25) is 0 Å². The van der Waals surface area contributed by atoms with Gasteiger partial charge in [0.25, 0.3) is 0 Å². The molecule has 0 bridgehead atoms. The largest absolute Gasteiger partial charge is 0.458 e. The lowest BCUT2D eigenvalue weighted by Crippen LogP contribution is -2.21. The van der Waals surface area contributed by atoms with Crippen LogP contribution in [0.3, 0.4) is 0 Å². The smallest absolute Gasteiger partial charge is 0.154 e. The van der Waals surface area contributed by atoms with Gasteiger partial charge in [-0.15, -0.1) is 0 Å². The average molecular weight is 300 g/mol. The minimum atomic E-state index is 0.226. The van der Waals surface area contributed by atoms with Crippen molar-refractivity contribution in [3.63, 3.8) is 0 Å². The Bertz CT molecular complexity index is 511. The van der Waals surface area contributed by atoms with Crippen LogP contribution in [0.5, 0.6) is 0 Å². The van der Waals surface area contributed by atoms with E-state index in [0.717, 1.165) is 37.0 Å². The van der Waals surface area contributed by atoms with Gasteiger partial charge in [-0.3, -0.25) is 0 Å². The molecule has 0 saturated carbocycles. The molecule has 2 nitrogen and oxygen atoms in total. The zero-order valence-corrected chi connectivity index (χ0v) is 12.8. The Morgan fingerprint density at radius 3 is 2.53 bits per heavy atom. The van der Waals surface area contributed by atoms with Crippen LogP contribution in [0.4, 0.5) is 0 Å². The van der Waals surface area contributed by atoms with Crippen molar-refractivity contribution >= 4 is 34.2 Å². The van der Waals surface area contributed by atoms with E-state index in [9.17, 15) is 0 Å². The Kier molecular flexibility index (Phi) is 5.14. The monoisotopic (exact) mass is 299 g/mol. The maximum absolute atomic E-state index is 6.19. The van der Waals surface area contributed by atoms with E-state index in [-0.39, 0.29) is 6.04 Å². The maximum atomic E-state index is 6.19. The van der Waals surface area contributed by atoms with E-state index in [1.165, 1.54) is 0 Å². The zero-order chi connectivity index (χ0) is 13.8. The molecule has 2 rings (SSSR count). The third-order valence-electron chi connectivity index (χ3n) is 3.16. The van der Waals surface area contributed by atoms with Crippen molar-refractivity contribution in [3.05, 3.63) is 34.0 Å². The summed E-state index contributed by atoms with van der Waals surface area (Å²) in [6, 6.07) is 5.81. The van der Waals surface area contributed by atoms with Gasteiger partial charge in [0.15, 0.2) is 5.58 Å². The summed E-state index contributed by atoms with van der Waals surface area (Å²) in [5, 5.41) is 5.69. The van der Waals surface area contributed by atoms with E-state index in [2.05, 4.69) is 19.2 Å². The number of hydrogen-bond donors (Lipinski definition) is 1. The van der Waals surface area contributed by atoms with Gasteiger partial charge in [0, 0.05) is 5.39 Å². The van der Waals surface area contributed by atoms with Crippen molar-refractivity contribution in [2.75, 3.05) is 6.54 Å². The molecule has 0 aliphatic carbocycles. The first-order valence-electron chi connectivity index (χ1n) is 6.78. The first kappa shape index (κ1) is 14.7. The fourth-order valence-electron chi connectivity index (χ4n) is 2.20. The standard InChI is InChI=1S/C15H19Cl2NO/c1-3-5-13(18-8-4-2)14-9-10-11(16)6-7-12(17)15(10)19-14/h6-7,9,13,18H,3-5,8H2,1-2H3. The van der Waals surface area contributed by atoms with E-state index < -0.39 is 0 Å². The number of benzene rings is 1. The van der Waals surface area contributed by atoms with E-state index in [0.29, 0.717) is 15.6 Å². The van der Waals surface area contributed by atoms with Gasteiger partial charge < -0.3 is 9.73 Å². The lowest BCUT2D eigenvalue weighted by atomic mass is 10.1. The molecular formula is C15H19Cl2NO. The first-order chi connectivity index (χ1) is 9.17. The molecule has 1 aromatic carbocycles. The van der Waals surface area contributed by atoms with Crippen LogP contribution < -0.4 is 5.32 Å². The minimum absolute atomic E-state index is 0.226. The highest BCUT2D eigenvalue weighted by Crippen LogP contribution is 2.35. The second kappa shape index (κ2) is 6.65. The number of halogens is 2. The van der Waals surface area contributed by atoms with E-state index in [1.54, 1.807) is 12.1 Å². The summed E-state index contributed by atoms with van der Waals surface area (Å²) in [5.74, 6) is 0.917. The van der Waals surface area contributed by atoms with Gasteiger partial charge in [-0.05, 0) is 37.6 Å². The van der Waals surface area contributed by atoms with Crippen LogP contribution in [-0.4, -0.2) is 6.54 Å². The molecule has 2 aromatic rings. The highest BCUT2D eigenvalue weighted by molar-refractivity contribution is 6.39. The molecule has 4 heteroatoms. The molecule has 0 saturated heterocycles. The second-order valence-electron chi connectivity index (χ2n) is 4.72. The SMILES string of the molecule is CCCNC(CCC)c1cc2c(Cl)ccc(Cl)c2o1. The maximum Gasteiger partial charge on any atom is 0.154 e.